The Hall–Kier alpha value is -1.25. The van der Waals surface area contributed by atoms with Gasteiger partial charge in [0.15, 0.2) is 6.20 Å². The first-order chi connectivity index (χ1) is 4.36. The smallest absolute Gasteiger partial charge is 0.288 e. The predicted molar refractivity (Wildman–Crippen MR) is 33.5 cm³/mol. The van der Waals surface area contributed by atoms with E-state index in [-0.39, 0.29) is 0 Å². The summed E-state index contributed by atoms with van der Waals surface area (Å²) in [6, 6.07) is 0. The lowest BCUT2D eigenvalue weighted by Crippen LogP contribution is -2.37. The maximum Gasteiger partial charge on any atom is 0.288 e. The molecule has 3 nitrogen and oxygen atoms in total. The van der Waals surface area contributed by atoms with Crippen molar-refractivity contribution in [2.24, 2.45) is 0 Å². The monoisotopic (exact) mass is 125 g/mol. The third-order valence-electron chi connectivity index (χ3n) is 1.05. The number of hydrogen-bond donors (Lipinski definition) is 0. The second-order valence-electron chi connectivity index (χ2n) is 1.59. The van der Waals surface area contributed by atoms with Gasteiger partial charge in [0, 0.05) is 0 Å². The van der Waals surface area contributed by atoms with Crippen LogP contribution >= 0.6 is 0 Å². The highest BCUT2D eigenvalue weighted by atomic mass is 16.6. The Balaban J connectivity index is 2.86. The molecule has 1 heterocycles. The summed E-state index contributed by atoms with van der Waals surface area (Å²) in [5, 5.41) is 0. The van der Waals surface area contributed by atoms with Crippen LogP contribution in [0.15, 0.2) is 25.3 Å². The van der Waals surface area contributed by atoms with Crippen molar-refractivity contribution in [2.45, 2.75) is 0 Å². The summed E-state index contributed by atoms with van der Waals surface area (Å²) in [5.74, 6) is 0. The maximum atomic E-state index is 4.84. The average molecular weight is 125 g/mol. The van der Waals surface area contributed by atoms with Gasteiger partial charge in [-0.05, 0) is 0 Å². The van der Waals surface area contributed by atoms with Crippen LogP contribution < -0.4 is 9.57 Å². The summed E-state index contributed by atoms with van der Waals surface area (Å²) in [5.41, 5.74) is 0. The molecule has 1 aromatic rings. The number of aromatic nitrogens is 2. The summed E-state index contributed by atoms with van der Waals surface area (Å²) in [7, 11) is 1.60. The molecule has 0 aromatic carbocycles. The average Bonchev–Trinajstić information content (AvgIpc) is 2.34. The molecule has 3 heteroatoms. The molecule has 0 atom stereocenters. The van der Waals surface area contributed by atoms with Gasteiger partial charge in [0.25, 0.3) is 6.33 Å². The Morgan fingerprint density at radius 1 is 1.78 bits per heavy atom. The third-order valence-corrected chi connectivity index (χ3v) is 1.05. The molecule has 1 rings (SSSR count). The molecule has 1 aromatic heterocycles. The number of hydrogen-bond acceptors (Lipinski definition) is 1. The molecule has 0 radical (unpaired) electrons. The van der Waals surface area contributed by atoms with Crippen LogP contribution in [0.1, 0.15) is 0 Å². The lowest BCUT2D eigenvalue weighted by atomic mass is 10.9. The zero-order valence-corrected chi connectivity index (χ0v) is 5.32. The molecular weight excluding hydrogens is 116 g/mol. The van der Waals surface area contributed by atoms with Gasteiger partial charge < -0.3 is 4.84 Å². The van der Waals surface area contributed by atoms with Crippen LogP contribution in [0.2, 0.25) is 0 Å². The molecule has 0 unspecified atom stereocenters. The molecule has 0 aliphatic heterocycles. The molecular formula is C6H9N2O+. The minimum absolute atomic E-state index is 1.58. The van der Waals surface area contributed by atoms with E-state index < -0.39 is 0 Å². The van der Waals surface area contributed by atoms with Crippen molar-refractivity contribution in [3.8, 4) is 0 Å². The van der Waals surface area contributed by atoms with Crippen LogP contribution in [-0.2, 0) is 0 Å². The standard InChI is InChI=1S/C6H9N2O/c1-3-7-4-5-8(6-7)9-2/h3-6H,1H2,2H3/q+1. The van der Waals surface area contributed by atoms with Crippen LogP contribution in [0.5, 0.6) is 0 Å². The van der Waals surface area contributed by atoms with Gasteiger partial charge in [-0.2, -0.15) is 0 Å². The highest BCUT2D eigenvalue weighted by Crippen LogP contribution is 1.79. The van der Waals surface area contributed by atoms with Crippen LogP contribution in [0.3, 0.4) is 0 Å². The van der Waals surface area contributed by atoms with E-state index in [0.29, 0.717) is 0 Å². The van der Waals surface area contributed by atoms with E-state index in [1.54, 1.807) is 35.1 Å². The molecule has 48 valence electrons. The van der Waals surface area contributed by atoms with Crippen molar-refractivity contribution in [2.75, 3.05) is 7.11 Å². The predicted octanol–water partition coefficient (Wildman–Crippen LogP) is -0.0655. The molecule has 0 amide bonds. The third kappa shape index (κ3) is 1.10. The SMILES string of the molecule is C=Cn1cc[n+](OC)c1. The first-order valence-electron chi connectivity index (χ1n) is 2.62. The normalized spacial score (nSPS) is 9.00. The molecule has 9 heavy (non-hydrogen) atoms. The number of nitrogens with zero attached hydrogens (tertiary/aromatic N) is 2. The zero-order chi connectivity index (χ0) is 6.69. The van der Waals surface area contributed by atoms with E-state index in [4.69, 9.17) is 4.84 Å². The van der Waals surface area contributed by atoms with Gasteiger partial charge in [-0.1, -0.05) is 11.3 Å². The second kappa shape index (κ2) is 2.35. The fourth-order valence-electron chi connectivity index (χ4n) is 0.567. The van der Waals surface area contributed by atoms with E-state index in [0.717, 1.165) is 0 Å². The summed E-state index contributed by atoms with van der Waals surface area (Å²) >= 11 is 0. The molecule has 0 saturated carbocycles. The van der Waals surface area contributed by atoms with Crippen molar-refractivity contribution < 1.29 is 9.57 Å². The van der Waals surface area contributed by atoms with Gasteiger partial charge in [-0.15, -0.1) is 0 Å². The minimum atomic E-state index is 1.58. The Bertz CT molecular complexity index is 205. The van der Waals surface area contributed by atoms with Gasteiger partial charge in [0.05, 0.1) is 6.20 Å². The summed E-state index contributed by atoms with van der Waals surface area (Å²) in [6.07, 6.45) is 7.10. The van der Waals surface area contributed by atoms with Crippen LogP contribution in [0, 0.1) is 0 Å². The molecule has 0 fully saturated rings. The summed E-state index contributed by atoms with van der Waals surface area (Å²) < 4.78 is 3.38. The van der Waals surface area contributed by atoms with Crippen molar-refractivity contribution in [1.82, 2.24) is 4.57 Å². The molecule has 0 saturated heterocycles. The molecule has 0 N–H and O–H groups in total. The Morgan fingerprint density at radius 2 is 2.56 bits per heavy atom. The minimum Gasteiger partial charge on any atom is -0.339 e. The van der Waals surface area contributed by atoms with Crippen LogP contribution in [0.4, 0.5) is 0 Å². The first-order valence-corrected chi connectivity index (χ1v) is 2.62. The Labute approximate surface area is 53.8 Å². The van der Waals surface area contributed by atoms with Crippen molar-refractivity contribution in [1.29, 1.82) is 0 Å². The van der Waals surface area contributed by atoms with E-state index in [1.807, 2.05) is 6.20 Å². The number of rotatable bonds is 2. The van der Waals surface area contributed by atoms with E-state index >= 15 is 0 Å². The quantitative estimate of drug-likeness (QED) is 0.506. The van der Waals surface area contributed by atoms with Crippen LogP contribution in [-0.4, -0.2) is 11.7 Å². The first kappa shape index (κ1) is 5.88. The Kier molecular flexibility index (Phi) is 1.53. The molecule has 0 bridgehead atoms. The van der Waals surface area contributed by atoms with Crippen molar-refractivity contribution in [3.63, 3.8) is 0 Å². The lowest BCUT2D eigenvalue weighted by Gasteiger charge is -1.84. The van der Waals surface area contributed by atoms with Crippen LogP contribution in [0.25, 0.3) is 6.20 Å². The van der Waals surface area contributed by atoms with Gasteiger partial charge >= 0.3 is 0 Å². The van der Waals surface area contributed by atoms with Gasteiger partial charge in [-0.3, -0.25) is 0 Å². The fourth-order valence-corrected chi connectivity index (χ4v) is 0.567. The van der Waals surface area contributed by atoms with E-state index in [1.165, 1.54) is 0 Å². The van der Waals surface area contributed by atoms with Gasteiger partial charge in [-0.25, -0.2) is 4.57 Å². The number of imidazole rings is 1. The zero-order valence-electron chi connectivity index (χ0n) is 5.32. The fraction of sp³-hybridized carbons (Fsp3) is 0.167. The summed E-state index contributed by atoms with van der Waals surface area (Å²) in [6.45, 7) is 3.57. The van der Waals surface area contributed by atoms with E-state index in [2.05, 4.69) is 6.58 Å². The second-order valence-corrected chi connectivity index (χ2v) is 1.59. The molecule has 0 spiro atoms. The van der Waals surface area contributed by atoms with Gasteiger partial charge in [0.1, 0.15) is 13.3 Å². The molecule has 0 aliphatic carbocycles. The lowest BCUT2D eigenvalue weighted by molar-refractivity contribution is -0.885. The van der Waals surface area contributed by atoms with E-state index in [9.17, 15) is 0 Å². The largest absolute Gasteiger partial charge is 0.339 e. The highest BCUT2D eigenvalue weighted by molar-refractivity contribution is 5.12. The maximum absolute atomic E-state index is 4.84. The van der Waals surface area contributed by atoms with Crippen molar-refractivity contribution >= 4 is 6.20 Å². The van der Waals surface area contributed by atoms with Gasteiger partial charge in [0.2, 0.25) is 0 Å². The van der Waals surface area contributed by atoms with Crippen molar-refractivity contribution in [3.05, 3.63) is 25.3 Å². The Morgan fingerprint density at radius 3 is 2.89 bits per heavy atom. The highest BCUT2D eigenvalue weighted by Gasteiger charge is 1.96. The molecule has 0 aliphatic rings. The summed E-state index contributed by atoms with van der Waals surface area (Å²) in [4.78, 5) is 4.84. The topological polar surface area (TPSA) is 18.0 Å².